The first-order chi connectivity index (χ1) is 6.49. The average Bonchev–Trinajstić information content (AvgIpc) is 2.15. The van der Waals surface area contributed by atoms with E-state index in [4.69, 9.17) is 15.9 Å². The number of nitrogens with zero attached hydrogens (tertiary/aromatic N) is 1. The summed E-state index contributed by atoms with van der Waals surface area (Å²) in [5.74, 6) is 0. The van der Waals surface area contributed by atoms with E-state index in [1.807, 2.05) is 13.0 Å². The number of hydrogen-bond donors (Lipinski definition) is 0. The molecule has 0 aliphatic heterocycles. The molecule has 14 heavy (non-hydrogen) atoms. The molecule has 0 aliphatic carbocycles. The molecule has 0 saturated heterocycles. The largest absolute Gasteiger partial charge is 0.261 e. The summed E-state index contributed by atoms with van der Waals surface area (Å²) in [5.41, 5.74) is 1.00. The van der Waals surface area contributed by atoms with Crippen molar-refractivity contribution in [1.29, 1.82) is 5.26 Å². The van der Waals surface area contributed by atoms with E-state index < -0.39 is 9.05 Å². The lowest BCUT2D eigenvalue weighted by Gasteiger charge is -2.03. The Morgan fingerprint density at radius 3 is 2.57 bits per heavy atom. The summed E-state index contributed by atoms with van der Waals surface area (Å²) < 4.78 is 22.2. The lowest BCUT2D eigenvalue weighted by atomic mass is 10.1. The van der Waals surface area contributed by atoms with Crippen molar-refractivity contribution in [1.82, 2.24) is 0 Å². The Balaban J connectivity index is 3.42. The van der Waals surface area contributed by atoms with Gasteiger partial charge in [-0.25, -0.2) is 8.42 Å². The standard InChI is InChI=1S/C9H8ClNO2S/c1-2-8-5-7(6-11)3-4-9(8)14(10,12)13/h3-5H,2H2,1H3. The van der Waals surface area contributed by atoms with Gasteiger partial charge < -0.3 is 0 Å². The van der Waals surface area contributed by atoms with Crippen LogP contribution in [0, 0.1) is 11.3 Å². The molecule has 0 atom stereocenters. The SMILES string of the molecule is CCc1cc(C#N)ccc1S(=O)(=O)Cl. The van der Waals surface area contributed by atoms with Crippen molar-refractivity contribution in [2.75, 3.05) is 0 Å². The minimum absolute atomic E-state index is 0.0840. The summed E-state index contributed by atoms with van der Waals surface area (Å²) in [5, 5.41) is 8.62. The van der Waals surface area contributed by atoms with Crippen LogP contribution in [0.1, 0.15) is 18.1 Å². The van der Waals surface area contributed by atoms with Crippen LogP contribution in [-0.2, 0) is 15.5 Å². The molecule has 0 radical (unpaired) electrons. The summed E-state index contributed by atoms with van der Waals surface area (Å²) in [6.07, 6.45) is 0.525. The molecule has 1 aromatic rings. The third-order valence-corrected chi connectivity index (χ3v) is 3.26. The van der Waals surface area contributed by atoms with Crippen molar-refractivity contribution in [2.45, 2.75) is 18.2 Å². The average molecular weight is 230 g/mol. The molecule has 0 spiro atoms. The quantitative estimate of drug-likeness (QED) is 0.730. The van der Waals surface area contributed by atoms with Crippen LogP contribution in [0.5, 0.6) is 0 Å². The molecule has 3 nitrogen and oxygen atoms in total. The third kappa shape index (κ3) is 2.25. The topological polar surface area (TPSA) is 57.9 Å². The Labute approximate surface area is 87.4 Å². The van der Waals surface area contributed by atoms with Crippen molar-refractivity contribution in [3.8, 4) is 6.07 Å². The van der Waals surface area contributed by atoms with Gasteiger partial charge in [-0.3, -0.25) is 0 Å². The van der Waals surface area contributed by atoms with Crippen LogP contribution < -0.4 is 0 Å². The van der Waals surface area contributed by atoms with E-state index in [1.165, 1.54) is 18.2 Å². The van der Waals surface area contributed by atoms with E-state index in [0.717, 1.165) is 0 Å². The zero-order valence-corrected chi connectivity index (χ0v) is 9.06. The summed E-state index contributed by atoms with van der Waals surface area (Å²) in [6, 6.07) is 6.28. The first kappa shape index (κ1) is 11.0. The fourth-order valence-corrected chi connectivity index (χ4v) is 2.36. The van der Waals surface area contributed by atoms with Crippen molar-refractivity contribution >= 4 is 19.7 Å². The maximum Gasteiger partial charge on any atom is 0.261 e. The second kappa shape index (κ2) is 3.99. The molecule has 0 unspecified atom stereocenters. The molecule has 0 aliphatic rings. The molecule has 1 rings (SSSR count). The summed E-state index contributed by atoms with van der Waals surface area (Å²) in [6.45, 7) is 1.81. The number of hydrogen-bond acceptors (Lipinski definition) is 3. The van der Waals surface area contributed by atoms with Crippen molar-refractivity contribution in [2.24, 2.45) is 0 Å². The van der Waals surface area contributed by atoms with E-state index in [0.29, 0.717) is 17.5 Å². The fraction of sp³-hybridized carbons (Fsp3) is 0.222. The molecule has 0 N–H and O–H groups in total. The van der Waals surface area contributed by atoms with Crippen LogP contribution in [-0.4, -0.2) is 8.42 Å². The third-order valence-electron chi connectivity index (χ3n) is 1.83. The predicted octanol–water partition coefficient (Wildman–Crippen LogP) is 2.05. The van der Waals surface area contributed by atoms with E-state index >= 15 is 0 Å². The Hall–Kier alpha value is -1.05. The molecule has 74 valence electrons. The Bertz CT molecular complexity index is 488. The molecule has 1 aromatic carbocycles. The lowest BCUT2D eigenvalue weighted by molar-refractivity contribution is 0.608. The van der Waals surface area contributed by atoms with Gasteiger partial charge in [0.1, 0.15) is 0 Å². The zero-order valence-electron chi connectivity index (χ0n) is 7.49. The van der Waals surface area contributed by atoms with E-state index in [-0.39, 0.29) is 4.90 Å². The van der Waals surface area contributed by atoms with E-state index in [9.17, 15) is 8.42 Å². The smallest absolute Gasteiger partial charge is 0.207 e. The van der Waals surface area contributed by atoms with Crippen molar-refractivity contribution in [3.05, 3.63) is 29.3 Å². The molecule has 0 bridgehead atoms. The summed E-state index contributed by atoms with van der Waals surface area (Å²) in [4.78, 5) is 0.0840. The van der Waals surface area contributed by atoms with Gasteiger partial charge in [-0.2, -0.15) is 5.26 Å². The van der Waals surface area contributed by atoms with Crippen LogP contribution >= 0.6 is 10.7 Å². The molecule has 0 amide bonds. The number of rotatable bonds is 2. The Morgan fingerprint density at radius 1 is 1.50 bits per heavy atom. The first-order valence-corrected chi connectivity index (χ1v) is 6.27. The van der Waals surface area contributed by atoms with Gasteiger partial charge in [-0.15, -0.1) is 0 Å². The highest BCUT2D eigenvalue weighted by Gasteiger charge is 2.14. The van der Waals surface area contributed by atoms with Crippen LogP contribution in [0.25, 0.3) is 0 Å². The van der Waals surface area contributed by atoms with Gasteiger partial charge in [-0.1, -0.05) is 6.92 Å². The minimum Gasteiger partial charge on any atom is -0.207 e. The van der Waals surface area contributed by atoms with Crippen molar-refractivity contribution < 1.29 is 8.42 Å². The first-order valence-electron chi connectivity index (χ1n) is 3.96. The lowest BCUT2D eigenvalue weighted by Crippen LogP contribution is -1.97. The second-order valence-electron chi connectivity index (χ2n) is 2.73. The fourth-order valence-electron chi connectivity index (χ4n) is 1.16. The van der Waals surface area contributed by atoms with Crippen LogP contribution in [0.2, 0.25) is 0 Å². The van der Waals surface area contributed by atoms with Gasteiger partial charge in [0.05, 0.1) is 16.5 Å². The van der Waals surface area contributed by atoms with Gasteiger partial charge in [-0.05, 0) is 30.2 Å². The normalized spacial score (nSPS) is 10.9. The van der Waals surface area contributed by atoms with Crippen LogP contribution in [0.3, 0.4) is 0 Å². The second-order valence-corrected chi connectivity index (χ2v) is 5.26. The highest BCUT2D eigenvalue weighted by molar-refractivity contribution is 8.13. The molecule has 5 heteroatoms. The van der Waals surface area contributed by atoms with Crippen LogP contribution in [0.4, 0.5) is 0 Å². The molecule has 0 aromatic heterocycles. The molecule has 0 saturated carbocycles. The molecular weight excluding hydrogens is 222 g/mol. The Morgan fingerprint density at radius 2 is 2.14 bits per heavy atom. The van der Waals surface area contributed by atoms with E-state index in [1.54, 1.807) is 0 Å². The molecule has 0 fully saturated rings. The maximum atomic E-state index is 11.1. The van der Waals surface area contributed by atoms with Gasteiger partial charge in [0.2, 0.25) is 0 Å². The maximum absolute atomic E-state index is 11.1. The van der Waals surface area contributed by atoms with E-state index in [2.05, 4.69) is 0 Å². The summed E-state index contributed by atoms with van der Waals surface area (Å²) in [7, 11) is 1.52. The monoisotopic (exact) mass is 229 g/mol. The minimum atomic E-state index is -3.71. The Kier molecular flexibility index (Phi) is 3.14. The molecular formula is C9H8ClNO2S. The van der Waals surface area contributed by atoms with Gasteiger partial charge >= 0.3 is 0 Å². The summed E-state index contributed by atoms with van der Waals surface area (Å²) >= 11 is 0. The van der Waals surface area contributed by atoms with Crippen LogP contribution in [0.15, 0.2) is 23.1 Å². The highest BCUT2D eigenvalue weighted by Crippen LogP contribution is 2.21. The van der Waals surface area contributed by atoms with Crippen molar-refractivity contribution in [3.63, 3.8) is 0 Å². The highest BCUT2D eigenvalue weighted by atomic mass is 35.7. The van der Waals surface area contributed by atoms with Gasteiger partial charge in [0.25, 0.3) is 9.05 Å². The van der Waals surface area contributed by atoms with Gasteiger partial charge in [0, 0.05) is 10.7 Å². The molecule has 0 heterocycles. The number of benzene rings is 1. The number of aryl methyl sites for hydroxylation is 1. The zero-order chi connectivity index (χ0) is 10.8. The number of nitriles is 1. The van der Waals surface area contributed by atoms with Gasteiger partial charge in [0.15, 0.2) is 0 Å². The number of halogens is 1. The predicted molar refractivity (Wildman–Crippen MR) is 53.6 cm³/mol.